The van der Waals surface area contributed by atoms with Gasteiger partial charge in [-0.25, -0.2) is 4.79 Å². The number of carbonyl (C=O) groups excluding carboxylic acids is 2. The van der Waals surface area contributed by atoms with Gasteiger partial charge in [-0.3, -0.25) is 14.8 Å². The molecule has 1 saturated heterocycles. The first kappa shape index (κ1) is 24.1. The summed E-state index contributed by atoms with van der Waals surface area (Å²) in [4.78, 5) is 35.7. The van der Waals surface area contributed by atoms with Gasteiger partial charge in [-0.2, -0.15) is 26.3 Å². The Morgan fingerprint density at radius 1 is 1.06 bits per heavy atom. The average molecular weight is 468 g/mol. The molecule has 0 aromatic carbocycles. The van der Waals surface area contributed by atoms with Crippen LogP contribution in [-0.4, -0.2) is 75.9 Å². The Morgan fingerprint density at radius 2 is 1.62 bits per heavy atom. The number of hydrogen-bond acceptors (Lipinski definition) is 5. The summed E-state index contributed by atoms with van der Waals surface area (Å²) in [6.07, 6.45) is -11.4. The van der Waals surface area contributed by atoms with Gasteiger partial charge >= 0.3 is 18.4 Å². The van der Waals surface area contributed by atoms with E-state index in [1.54, 1.807) is 14.0 Å². The molecule has 0 radical (unpaired) electrons. The summed E-state index contributed by atoms with van der Waals surface area (Å²) in [5, 5.41) is 0. The van der Waals surface area contributed by atoms with E-state index in [0.717, 1.165) is 4.90 Å². The second-order valence-electron chi connectivity index (χ2n) is 8.37. The monoisotopic (exact) mass is 468 g/mol. The van der Waals surface area contributed by atoms with Crippen molar-refractivity contribution in [2.75, 3.05) is 20.1 Å². The number of alkyl halides is 6. The number of likely N-dealkylation sites (tertiary alicyclic amines) is 1. The number of ether oxygens (including phenoxy) is 1. The first-order valence-electron chi connectivity index (χ1n) is 9.84. The molecule has 2 aliphatic rings. The predicted molar refractivity (Wildman–Crippen MR) is 97.3 cm³/mol. The summed E-state index contributed by atoms with van der Waals surface area (Å²) in [5.41, 5.74) is -0.986. The minimum absolute atomic E-state index is 0.156. The van der Waals surface area contributed by atoms with E-state index in [0.29, 0.717) is 18.5 Å². The highest BCUT2D eigenvalue weighted by molar-refractivity contribution is 5.91. The third-order valence-corrected chi connectivity index (χ3v) is 6.24. The van der Waals surface area contributed by atoms with Gasteiger partial charge in [-0.05, 0) is 32.6 Å². The van der Waals surface area contributed by atoms with Crippen molar-refractivity contribution in [3.63, 3.8) is 0 Å². The zero-order chi connectivity index (χ0) is 23.9. The van der Waals surface area contributed by atoms with E-state index in [2.05, 4.69) is 14.7 Å². The van der Waals surface area contributed by atoms with Crippen LogP contribution in [0.25, 0.3) is 0 Å². The van der Waals surface area contributed by atoms with E-state index < -0.39 is 35.5 Å². The summed E-state index contributed by atoms with van der Waals surface area (Å²) in [6, 6.07) is 0. The van der Waals surface area contributed by atoms with Gasteiger partial charge in [0.2, 0.25) is 5.91 Å². The van der Waals surface area contributed by atoms with Gasteiger partial charge in [-0.1, -0.05) is 0 Å². The molecule has 2 fully saturated rings. The largest absolute Gasteiger partial charge is 0.434 e. The van der Waals surface area contributed by atoms with Crippen LogP contribution in [0.2, 0.25) is 0 Å². The molecule has 1 aliphatic carbocycles. The van der Waals surface area contributed by atoms with Crippen molar-refractivity contribution in [1.29, 1.82) is 0 Å². The molecule has 7 nitrogen and oxygen atoms in total. The topological polar surface area (TPSA) is 75.6 Å². The summed E-state index contributed by atoms with van der Waals surface area (Å²) in [6.45, 7) is 1.44. The number of carbonyl (C=O) groups is 2. The van der Waals surface area contributed by atoms with Crippen molar-refractivity contribution < 1.29 is 40.7 Å². The lowest BCUT2D eigenvalue weighted by molar-refractivity contribution is -0.308. The maximum absolute atomic E-state index is 13.2. The van der Waals surface area contributed by atoms with Crippen molar-refractivity contribution in [3.8, 4) is 0 Å². The van der Waals surface area contributed by atoms with Crippen molar-refractivity contribution in [1.82, 2.24) is 19.8 Å². The number of aromatic nitrogens is 2. The molecule has 3 rings (SSSR count). The number of halogens is 6. The van der Waals surface area contributed by atoms with Crippen LogP contribution in [0.3, 0.4) is 0 Å². The normalized spacial score (nSPS) is 20.1. The highest BCUT2D eigenvalue weighted by Crippen LogP contribution is 2.49. The number of amides is 2. The Balaban J connectivity index is 1.64. The van der Waals surface area contributed by atoms with Crippen LogP contribution in [0.4, 0.5) is 31.1 Å². The second-order valence-corrected chi connectivity index (χ2v) is 8.37. The Kier molecular flexibility index (Phi) is 6.07. The minimum atomic E-state index is -5.77. The molecule has 0 atom stereocenters. The summed E-state index contributed by atoms with van der Waals surface area (Å²) in [5.74, 6) is -0.189. The van der Waals surface area contributed by atoms with Crippen molar-refractivity contribution in [2.24, 2.45) is 0 Å². The van der Waals surface area contributed by atoms with Crippen LogP contribution in [0, 0.1) is 0 Å². The lowest BCUT2D eigenvalue weighted by Crippen LogP contribution is -2.57. The standard InChI is InChI=1S/C19H22F6N4O3/c1-16(28(2)14(30)17(3-4-17)12-11-26-7-8-27-12)5-9-29(10-6-16)15(31)32-13(18(20,21)22)19(23,24)25/h7-8,11,13H,3-6,9-10H2,1-2H3. The van der Waals surface area contributed by atoms with Crippen molar-refractivity contribution >= 4 is 12.0 Å². The van der Waals surface area contributed by atoms with E-state index >= 15 is 0 Å². The Labute approximate surface area is 179 Å². The van der Waals surface area contributed by atoms with Gasteiger partial charge in [0.25, 0.3) is 6.10 Å². The second kappa shape index (κ2) is 8.07. The van der Waals surface area contributed by atoms with Crippen LogP contribution in [0.15, 0.2) is 18.6 Å². The van der Waals surface area contributed by atoms with E-state index in [1.807, 2.05) is 0 Å². The maximum Gasteiger partial charge on any atom is 0.434 e. The third-order valence-electron chi connectivity index (χ3n) is 6.24. The van der Waals surface area contributed by atoms with Gasteiger partial charge in [0.05, 0.1) is 11.1 Å². The summed E-state index contributed by atoms with van der Waals surface area (Å²) in [7, 11) is 1.59. The summed E-state index contributed by atoms with van der Waals surface area (Å²) < 4.78 is 79.7. The van der Waals surface area contributed by atoms with Crippen LogP contribution in [0.1, 0.15) is 38.3 Å². The molecule has 0 spiro atoms. The van der Waals surface area contributed by atoms with Crippen LogP contribution < -0.4 is 0 Å². The molecular formula is C19H22F6N4O3. The number of piperidine rings is 1. The molecule has 0 bridgehead atoms. The molecule has 178 valence electrons. The molecule has 1 saturated carbocycles. The predicted octanol–water partition coefficient (Wildman–Crippen LogP) is 3.45. The van der Waals surface area contributed by atoms with E-state index in [-0.39, 0.29) is 31.8 Å². The molecule has 32 heavy (non-hydrogen) atoms. The fourth-order valence-electron chi connectivity index (χ4n) is 3.82. The van der Waals surface area contributed by atoms with Gasteiger partial charge in [0.1, 0.15) is 0 Å². The Morgan fingerprint density at radius 3 is 2.06 bits per heavy atom. The SMILES string of the molecule is CN(C(=O)C1(c2cnccn2)CC1)C1(C)CCN(C(=O)OC(C(F)(F)F)C(F)(F)F)CC1. The maximum atomic E-state index is 13.2. The number of likely N-dealkylation sites (N-methyl/N-ethyl adjacent to an activating group) is 1. The third kappa shape index (κ3) is 4.60. The first-order chi connectivity index (χ1) is 14.7. The fraction of sp³-hybridized carbons (Fsp3) is 0.684. The van der Waals surface area contributed by atoms with Crippen LogP contribution >= 0.6 is 0 Å². The zero-order valence-electron chi connectivity index (χ0n) is 17.3. The Hall–Kier alpha value is -2.60. The van der Waals surface area contributed by atoms with Gasteiger partial charge in [-0.15, -0.1) is 0 Å². The minimum Gasteiger partial charge on any atom is -0.426 e. The van der Waals surface area contributed by atoms with E-state index in [4.69, 9.17) is 0 Å². The van der Waals surface area contributed by atoms with E-state index in [9.17, 15) is 35.9 Å². The molecule has 2 amide bonds. The molecule has 13 heteroatoms. The zero-order valence-corrected chi connectivity index (χ0v) is 17.3. The van der Waals surface area contributed by atoms with Gasteiger partial charge in [0, 0.05) is 44.3 Å². The highest BCUT2D eigenvalue weighted by Gasteiger charge is 2.60. The van der Waals surface area contributed by atoms with Gasteiger partial charge in [0.15, 0.2) is 0 Å². The molecule has 2 heterocycles. The van der Waals surface area contributed by atoms with Gasteiger partial charge < -0.3 is 14.5 Å². The molecular weight excluding hydrogens is 446 g/mol. The quantitative estimate of drug-likeness (QED) is 0.633. The number of hydrogen-bond donors (Lipinski definition) is 0. The molecule has 1 aromatic rings. The fourth-order valence-corrected chi connectivity index (χ4v) is 3.82. The number of rotatable bonds is 4. The van der Waals surface area contributed by atoms with Crippen molar-refractivity contribution in [2.45, 2.75) is 62.0 Å². The van der Waals surface area contributed by atoms with E-state index in [1.165, 1.54) is 23.5 Å². The summed E-state index contributed by atoms with van der Waals surface area (Å²) >= 11 is 0. The average Bonchev–Trinajstić information content (AvgIpc) is 3.52. The lowest BCUT2D eigenvalue weighted by atomic mass is 9.86. The molecule has 1 aromatic heterocycles. The van der Waals surface area contributed by atoms with Crippen LogP contribution in [-0.2, 0) is 14.9 Å². The first-order valence-corrected chi connectivity index (χ1v) is 9.84. The smallest absolute Gasteiger partial charge is 0.426 e. The lowest BCUT2D eigenvalue weighted by Gasteiger charge is -2.46. The molecule has 0 unspecified atom stereocenters. The number of nitrogens with zero attached hydrogens (tertiary/aromatic N) is 4. The highest BCUT2D eigenvalue weighted by atomic mass is 19.4. The Bertz CT molecular complexity index is 835. The molecule has 0 N–H and O–H groups in total. The van der Waals surface area contributed by atoms with Crippen LogP contribution in [0.5, 0.6) is 0 Å². The van der Waals surface area contributed by atoms with Crippen molar-refractivity contribution in [3.05, 3.63) is 24.3 Å². The molecule has 1 aliphatic heterocycles.